The molecule has 4 aromatic rings. The number of rotatable bonds is 6. The smallest absolute Gasteiger partial charge is 0.340 e. The van der Waals surface area contributed by atoms with Gasteiger partial charge in [0, 0.05) is 11.5 Å². The topological polar surface area (TPSA) is 68.3 Å². The summed E-state index contributed by atoms with van der Waals surface area (Å²) < 4.78 is 6.17. The van der Waals surface area contributed by atoms with E-state index in [9.17, 15) is 9.59 Å². The van der Waals surface area contributed by atoms with Crippen LogP contribution in [0.1, 0.15) is 21.5 Å². The molecule has 1 N–H and O–H groups in total. The largest absolute Gasteiger partial charge is 0.457 e. The third kappa shape index (κ3) is 5.47. The summed E-state index contributed by atoms with van der Waals surface area (Å²) in [7, 11) is 0. The molecule has 0 aliphatic heterocycles. The normalized spacial score (nSPS) is 10.9. The molecule has 0 radical (unpaired) electrons. The Hall–Kier alpha value is -3.77. The van der Waals surface area contributed by atoms with Crippen LogP contribution in [0.4, 0.5) is 5.69 Å². The zero-order valence-corrected chi connectivity index (χ0v) is 18.6. The first-order valence-electron chi connectivity index (χ1n) is 9.94. The maximum Gasteiger partial charge on any atom is 0.340 e. The van der Waals surface area contributed by atoms with Crippen molar-refractivity contribution in [1.82, 2.24) is 4.98 Å². The fourth-order valence-electron chi connectivity index (χ4n) is 3.14. The van der Waals surface area contributed by atoms with Crippen LogP contribution in [-0.2, 0) is 16.1 Å². The minimum Gasteiger partial charge on any atom is -0.457 e. The molecule has 4 rings (SSSR count). The van der Waals surface area contributed by atoms with Crippen molar-refractivity contribution in [3.63, 3.8) is 0 Å². The number of carbonyl (C=O) groups is 2. The molecule has 1 heterocycles. The quantitative estimate of drug-likeness (QED) is 0.206. The van der Waals surface area contributed by atoms with Gasteiger partial charge in [-0.2, -0.15) is 0 Å². The second-order valence-electron chi connectivity index (χ2n) is 7.02. The van der Waals surface area contributed by atoms with Gasteiger partial charge in [0.2, 0.25) is 5.91 Å². The predicted octanol–water partition coefficient (Wildman–Crippen LogP) is 6.01. The number of anilines is 1. The summed E-state index contributed by atoms with van der Waals surface area (Å²) in [6.07, 6.45) is 3.15. The third-order valence-electron chi connectivity index (χ3n) is 4.72. The molecule has 0 unspecified atom stereocenters. The fourth-order valence-corrected chi connectivity index (χ4v) is 3.46. The van der Waals surface area contributed by atoms with Crippen LogP contribution in [-0.4, -0.2) is 16.9 Å². The molecule has 0 aliphatic carbocycles. The Labute approximate surface area is 193 Å². The first kappa shape index (κ1) is 21.5. The SMILES string of the molecule is O=C(/C=C/c1ccc2nc(Br)ccc2c1)Nc1ccccc1C(=O)OCc1ccccc1. The van der Waals surface area contributed by atoms with E-state index < -0.39 is 5.97 Å². The molecule has 0 aliphatic rings. The molecule has 0 spiro atoms. The molecule has 0 bridgehead atoms. The second-order valence-corrected chi connectivity index (χ2v) is 7.83. The molecular weight excluding hydrogens is 468 g/mol. The molecular formula is C26H19BrN2O3. The van der Waals surface area contributed by atoms with Crippen molar-refractivity contribution < 1.29 is 14.3 Å². The number of hydrogen-bond donors (Lipinski definition) is 1. The number of benzene rings is 3. The van der Waals surface area contributed by atoms with Gasteiger partial charge in [-0.05, 0) is 63.5 Å². The molecule has 32 heavy (non-hydrogen) atoms. The Morgan fingerprint density at radius 2 is 1.72 bits per heavy atom. The number of fused-ring (bicyclic) bond motifs is 1. The fraction of sp³-hybridized carbons (Fsp3) is 0.0385. The Bertz CT molecular complexity index is 1300. The van der Waals surface area contributed by atoms with Gasteiger partial charge in [0.05, 0.1) is 16.8 Å². The molecule has 5 nitrogen and oxygen atoms in total. The number of ether oxygens (including phenoxy) is 1. The maximum atomic E-state index is 12.5. The molecule has 0 saturated carbocycles. The highest BCUT2D eigenvalue weighted by Gasteiger charge is 2.13. The summed E-state index contributed by atoms with van der Waals surface area (Å²) >= 11 is 3.36. The van der Waals surface area contributed by atoms with E-state index in [0.717, 1.165) is 26.6 Å². The van der Waals surface area contributed by atoms with E-state index in [-0.39, 0.29) is 12.5 Å². The first-order chi connectivity index (χ1) is 15.6. The van der Waals surface area contributed by atoms with E-state index in [0.29, 0.717) is 11.3 Å². The van der Waals surface area contributed by atoms with Crippen molar-refractivity contribution in [3.8, 4) is 0 Å². The number of nitrogens with zero attached hydrogens (tertiary/aromatic N) is 1. The Kier molecular flexibility index (Phi) is 6.72. The molecule has 1 aromatic heterocycles. The van der Waals surface area contributed by atoms with Crippen molar-refractivity contribution in [2.45, 2.75) is 6.61 Å². The number of para-hydroxylation sites is 1. The number of aromatic nitrogens is 1. The molecule has 158 valence electrons. The third-order valence-corrected chi connectivity index (χ3v) is 5.17. The van der Waals surface area contributed by atoms with Crippen molar-refractivity contribution in [1.29, 1.82) is 0 Å². The standard InChI is InChI=1S/C26H19BrN2O3/c27-24-14-12-20-16-18(10-13-22(20)28-24)11-15-25(30)29-23-9-5-4-8-21(23)26(31)32-17-19-6-2-1-3-7-19/h1-16H,17H2,(H,29,30)/b15-11+. The number of amides is 1. The Morgan fingerprint density at radius 3 is 2.56 bits per heavy atom. The average molecular weight is 487 g/mol. The number of nitrogens with one attached hydrogen (secondary N) is 1. The van der Waals surface area contributed by atoms with Gasteiger partial charge < -0.3 is 10.1 Å². The van der Waals surface area contributed by atoms with Crippen molar-refractivity contribution >= 4 is 50.5 Å². The molecule has 0 fully saturated rings. The predicted molar refractivity (Wildman–Crippen MR) is 129 cm³/mol. The van der Waals surface area contributed by atoms with E-state index in [1.165, 1.54) is 6.08 Å². The summed E-state index contributed by atoms with van der Waals surface area (Å²) in [5.74, 6) is -0.843. The lowest BCUT2D eigenvalue weighted by Gasteiger charge is -2.10. The summed E-state index contributed by atoms with van der Waals surface area (Å²) in [6.45, 7) is 0.162. The molecule has 6 heteroatoms. The van der Waals surface area contributed by atoms with E-state index >= 15 is 0 Å². The summed E-state index contributed by atoms with van der Waals surface area (Å²) in [6, 6.07) is 25.8. The van der Waals surface area contributed by atoms with Gasteiger partial charge in [-0.15, -0.1) is 0 Å². The van der Waals surface area contributed by atoms with Crippen molar-refractivity contribution in [3.05, 3.63) is 112 Å². The van der Waals surface area contributed by atoms with Gasteiger partial charge >= 0.3 is 5.97 Å². The summed E-state index contributed by atoms with van der Waals surface area (Å²) in [5.41, 5.74) is 3.32. The second kappa shape index (κ2) is 10.0. The number of halogens is 1. The van der Waals surface area contributed by atoms with Crippen molar-refractivity contribution in [2.24, 2.45) is 0 Å². The lowest BCUT2D eigenvalue weighted by molar-refractivity contribution is -0.111. The zero-order valence-electron chi connectivity index (χ0n) is 17.0. The van der Waals surface area contributed by atoms with Gasteiger partial charge in [0.15, 0.2) is 0 Å². The number of carbonyl (C=O) groups excluding carboxylic acids is 2. The summed E-state index contributed by atoms with van der Waals surface area (Å²) in [5, 5.41) is 3.73. The van der Waals surface area contributed by atoms with Crippen LogP contribution < -0.4 is 5.32 Å². The van der Waals surface area contributed by atoms with Crippen LogP contribution in [0.5, 0.6) is 0 Å². The minimum absolute atomic E-state index is 0.162. The summed E-state index contributed by atoms with van der Waals surface area (Å²) in [4.78, 5) is 29.4. The molecule has 0 atom stereocenters. The number of hydrogen-bond acceptors (Lipinski definition) is 4. The van der Waals surface area contributed by atoms with Crippen LogP contribution in [0, 0.1) is 0 Å². The highest BCUT2D eigenvalue weighted by Crippen LogP contribution is 2.19. The van der Waals surface area contributed by atoms with Gasteiger partial charge in [0.1, 0.15) is 11.2 Å². The lowest BCUT2D eigenvalue weighted by Crippen LogP contribution is -2.13. The van der Waals surface area contributed by atoms with Crippen LogP contribution >= 0.6 is 15.9 Å². The highest BCUT2D eigenvalue weighted by atomic mass is 79.9. The monoisotopic (exact) mass is 486 g/mol. The minimum atomic E-state index is -0.498. The van der Waals surface area contributed by atoms with Crippen LogP contribution in [0.15, 0.2) is 95.6 Å². The number of esters is 1. The van der Waals surface area contributed by atoms with Crippen LogP contribution in [0.3, 0.4) is 0 Å². The van der Waals surface area contributed by atoms with Gasteiger partial charge in [-0.25, -0.2) is 9.78 Å². The van der Waals surface area contributed by atoms with Gasteiger partial charge in [-0.3, -0.25) is 4.79 Å². The van der Waals surface area contributed by atoms with Gasteiger partial charge in [0.25, 0.3) is 0 Å². The number of pyridine rings is 1. The Morgan fingerprint density at radius 1 is 0.938 bits per heavy atom. The van der Waals surface area contributed by atoms with Crippen LogP contribution in [0.2, 0.25) is 0 Å². The zero-order chi connectivity index (χ0) is 22.3. The van der Waals surface area contributed by atoms with E-state index in [1.54, 1.807) is 30.3 Å². The van der Waals surface area contributed by atoms with Crippen molar-refractivity contribution in [2.75, 3.05) is 5.32 Å². The van der Waals surface area contributed by atoms with Gasteiger partial charge in [-0.1, -0.05) is 54.6 Å². The van der Waals surface area contributed by atoms with Crippen LogP contribution in [0.25, 0.3) is 17.0 Å². The Balaban J connectivity index is 1.43. The highest BCUT2D eigenvalue weighted by molar-refractivity contribution is 9.10. The lowest BCUT2D eigenvalue weighted by atomic mass is 10.1. The molecule has 0 saturated heterocycles. The average Bonchev–Trinajstić information content (AvgIpc) is 2.82. The van der Waals surface area contributed by atoms with E-state index in [1.807, 2.05) is 60.7 Å². The molecule has 3 aromatic carbocycles. The first-order valence-corrected chi connectivity index (χ1v) is 10.7. The van der Waals surface area contributed by atoms with E-state index in [2.05, 4.69) is 26.2 Å². The maximum absolute atomic E-state index is 12.5. The van der Waals surface area contributed by atoms with E-state index in [4.69, 9.17) is 4.74 Å². The molecule has 1 amide bonds.